The summed E-state index contributed by atoms with van der Waals surface area (Å²) >= 11 is 0. The van der Waals surface area contributed by atoms with Crippen LogP contribution in [0.1, 0.15) is 32.8 Å². The highest BCUT2D eigenvalue weighted by molar-refractivity contribution is 5.77. The van der Waals surface area contributed by atoms with Gasteiger partial charge < -0.3 is 9.47 Å². The average molecular weight is 318 g/mol. The van der Waals surface area contributed by atoms with Crippen LogP contribution < -0.4 is 10.9 Å². The Bertz CT molecular complexity index is 558. The molecule has 0 aliphatic heterocycles. The molecule has 6 nitrogen and oxygen atoms in total. The fourth-order valence-electron chi connectivity index (χ4n) is 1.59. The van der Waals surface area contributed by atoms with Gasteiger partial charge >= 0.3 is 12.1 Å². The molecule has 0 spiro atoms. The van der Waals surface area contributed by atoms with Crippen molar-refractivity contribution < 1.29 is 19.1 Å². The number of hydrazine groups is 1. The van der Waals surface area contributed by atoms with Gasteiger partial charge in [-0.25, -0.2) is 10.2 Å². The van der Waals surface area contributed by atoms with Gasteiger partial charge in [0.25, 0.3) is 0 Å². The van der Waals surface area contributed by atoms with Crippen LogP contribution in [-0.2, 0) is 20.9 Å². The van der Waals surface area contributed by atoms with Crippen molar-refractivity contribution >= 4 is 12.1 Å². The molecular weight excluding hydrogens is 296 g/mol. The number of terminal acetylenes is 1. The Labute approximate surface area is 136 Å². The van der Waals surface area contributed by atoms with E-state index in [0.717, 1.165) is 5.56 Å². The van der Waals surface area contributed by atoms with E-state index in [1.165, 1.54) is 0 Å². The minimum Gasteiger partial charge on any atom is -0.460 e. The first-order valence-electron chi connectivity index (χ1n) is 7.20. The van der Waals surface area contributed by atoms with Gasteiger partial charge in [0.05, 0.1) is 0 Å². The molecule has 1 rings (SSSR count). The minimum absolute atomic E-state index is 0.0728. The molecule has 0 aliphatic rings. The summed E-state index contributed by atoms with van der Waals surface area (Å²) in [6, 6.07) is 8.41. The van der Waals surface area contributed by atoms with Crippen LogP contribution >= 0.6 is 0 Å². The smallest absolute Gasteiger partial charge is 0.422 e. The van der Waals surface area contributed by atoms with Crippen LogP contribution in [0.3, 0.4) is 0 Å². The highest BCUT2D eigenvalue weighted by Crippen LogP contribution is 2.06. The third-order valence-electron chi connectivity index (χ3n) is 2.58. The molecule has 1 atom stereocenters. The Morgan fingerprint density at radius 2 is 1.91 bits per heavy atom. The molecule has 0 unspecified atom stereocenters. The zero-order valence-corrected chi connectivity index (χ0v) is 13.6. The van der Waals surface area contributed by atoms with Crippen molar-refractivity contribution in [2.24, 2.45) is 0 Å². The van der Waals surface area contributed by atoms with Crippen LogP contribution in [0.15, 0.2) is 30.3 Å². The molecular formula is C17H22N2O4. The summed E-state index contributed by atoms with van der Waals surface area (Å²) in [5.74, 6) is 1.81. The topological polar surface area (TPSA) is 76.7 Å². The van der Waals surface area contributed by atoms with E-state index in [9.17, 15) is 9.59 Å². The van der Waals surface area contributed by atoms with Crippen LogP contribution in [0.4, 0.5) is 4.79 Å². The van der Waals surface area contributed by atoms with E-state index in [0.29, 0.717) is 0 Å². The molecule has 23 heavy (non-hydrogen) atoms. The maximum atomic E-state index is 12.0. The second-order valence-electron chi connectivity index (χ2n) is 5.83. The summed E-state index contributed by atoms with van der Waals surface area (Å²) in [4.78, 5) is 23.6. The highest BCUT2D eigenvalue weighted by Gasteiger charge is 2.21. The highest BCUT2D eigenvalue weighted by atomic mass is 16.6. The molecule has 124 valence electrons. The SMILES string of the molecule is C#CC[C@H](NNC(=O)OC(C)(C)C)C(=O)OCc1ccccc1. The van der Waals surface area contributed by atoms with E-state index in [-0.39, 0.29) is 13.0 Å². The van der Waals surface area contributed by atoms with Gasteiger partial charge in [-0.1, -0.05) is 30.3 Å². The summed E-state index contributed by atoms with van der Waals surface area (Å²) in [5.41, 5.74) is 5.06. The number of hydrogen-bond donors (Lipinski definition) is 2. The van der Waals surface area contributed by atoms with E-state index >= 15 is 0 Å². The monoisotopic (exact) mass is 318 g/mol. The van der Waals surface area contributed by atoms with E-state index < -0.39 is 23.7 Å². The van der Waals surface area contributed by atoms with Gasteiger partial charge in [0.1, 0.15) is 18.2 Å². The number of carbonyl (C=O) groups excluding carboxylic acids is 2. The maximum Gasteiger partial charge on any atom is 0.422 e. The number of rotatable bonds is 6. The lowest BCUT2D eigenvalue weighted by Crippen LogP contribution is -2.49. The minimum atomic E-state index is -0.851. The molecule has 0 aromatic heterocycles. The quantitative estimate of drug-likeness (QED) is 0.477. The second kappa shape index (κ2) is 8.81. The van der Waals surface area contributed by atoms with E-state index in [2.05, 4.69) is 16.8 Å². The largest absolute Gasteiger partial charge is 0.460 e. The van der Waals surface area contributed by atoms with Crippen molar-refractivity contribution in [1.29, 1.82) is 0 Å². The molecule has 1 aromatic carbocycles. The number of ether oxygens (including phenoxy) is 2. The standard InChI is InChI=1S/C17H22N2O4/c1-5-9-14(18-19-16(21)23-17(2,3)4)15(20)22-12-13-10-7-6-8-11-13/h1,6-8,10-11,14,18H,9,12H2,2-4H3,(H,19,21)/t14-/m0/s1. The van der Waals surface area contributed by atoms with Crippen molar-refractivity contribution in [2.75, 3.05) is 0 Å². The summed E-state index contributed by atoms with van der Waals surface area (Å²) in [5, 5.41) is 0. The lowest BCUT2D eigenvalue weighted by atomic mass is 10.2. The Kier molecular flexibility index (Phi) is 7.10. The Hall–Kier alpha value is -2.52. The Morgan fingerprint density at radius 3 is 2.48 bits per heavy atom. The number of benzene rings is 1. The predicted molar refractivity (Wildman–Crippen MR) is 86.0 cm³/mol. The molecule has 6 heteroatoms. The van der Waals surface area contributed by atoms with Gasteiger partial charge in [0, 0.05) is 6.42 Å². The fourth-order valence-corrected chi connectivity index (χ4v) is 1.59. The summed E-state index contributed by atoms with van der Waals surface area (Å²) < 4.78 is 10.2. The summed E-state index contributed by atoms with van der Waals surface area (Å²) in [6.45, 7) is 5.34. The number of amides is 1. The van der Waals surface area contributed by atoms with E-state index in [1.54, 1.807) is 20.8 Å². The van der Waals surface area contributed by atoms with Crippen molar-refractivity contribution in [3.8, 4) is 12.3 Å². The molecule has 0 heterocycles. The van der Waals surface area contributed by atoms with Gasteiger partial charge in [0.2, 0.25) is 0 Å². The van der Waals surface area contributed by atoms with Crippen LogP contribution in [0.5, 0.6) is 0 Å². The number of carbonyl (C=O) groups is 2. The van der Waals surface area contributed by atoms with Gasteiger partial charge in [-0.2, -0.15) is 0 Å². The first-order chi connectivity index (χ1) is 10.8. The molecule has 0 radical (unpaired) electrons. The first kappa shape index (κ1) is 18.5. The van der Waals surface area contributed by atoms with Crippen LogP contribution in [0.2, 0.25) is 0 Å². The van der Waals surface area contributed by atoms with Gasteiger partial charge in [-0.05, 0) is 26.3 Å². The van der Waals surface area contributed by atoms with Gasteiger partial charge in [-0.15, -0.1) is 12.3 Å². The normalized spacial score (nSPS) is 11.9. The van der Waals surface area contributed by atoms with E-state index in [4.69, 9.17) is 15.9 Å². The Morgan fingerprint density at radius 1 is 1.26 bits per heavy atom. The molecule has 2 N–H and O–H groups in total. The fraction of sp³-hybridized carbons (Fsp3) is 0.412. The number of nitrogens with one attached hydrogen (secondary N) is 2. The zero-order chi connectivity index (χ0) is 17.3. The van der Waals surface area contributed by atoms with Crippen LogP contribution in [-0.4, -0.2) is 23.7 Å². The van der Waals surface area contributed by atoms with Gasteiger partial charge in [-0.3, -0.25) is 10.2 Å². The molecule has 0 saturated carbocycles. The lowest BCUT2D eigenvalue weighted by molar-refractivity contribution is -0.147. The second-order valence-corrected chi connectivity index (χ2v) is 5.83. The predicted octanol–water partition coefficient (Wildman–Crippen LogP) is 2.15. The number of esters is 1. The third-order valence-corrected chi connectivity index (χ3v) is 2.58. The zero-order valence-electron chi connectivity index (χ0n) is 13.6. The molecule has 1 amide bonds. The summed E-state index contributed by atoms with van der Waals surface area (Å²) in [6.07, 6.45) is 4.62. The average Bonchev–Trinajstić information content (AvgIpc) is 2.48. The molecule has 1 aromatic rings. The lowest BCUT2D eigenvalue weighted by Gasteiger charge is -2.21. The van der Waals surface area contributed by atoms with Gasteiger partial charge in [0.15, 0.2) is 0 Å². The van der Waals surface area contributed by atoms with Crippen molar-refractivity contribution in [3.05, 3.63) is 35.9 Å². The van der Waals surface area contributed by atoms with Crippen molar-refractivity contribution in [1.82, 2.24) is 10.9 Å². The molecule has 0 saturated heterocycles. The molecule has 0 bridgehead atoms. The van der Waals surface area contributed by atoms with Crippen LogP contribution in [0, 0.1) is 12.3 Å². The van der Waals surface area contributed by atoms with Crippen LogP contribution in [0.25, 0.3) is 0 Å². The first-order valence-corrected chi connectivity index (χ1v) is 7.20. The van der Waals surface area contributed by atoms with E-state index in [1.807, 2.05) is 30.3 Å². The summed E-state index contributed by atoms with van der Waals surface area (Å²) in [7, 11) is 0. The maximum absolute atomic E-state index is 12.0. The Balaban J connectivity index is 2.48. The molecule has 0 aliphatic carbocycles. The molecule has 0 fully saturated rings. The number of hydrogen-bond acceptors (Lipinski definition) is 5. The van der Waals surface area contributed by atoms with Crippen molar-refractivity contribution in [3.63, 3.8) is 0 Å². The van der Waals surface area contributed by atoms with Crippen molar-refractivity contribution in [2.45, 2.75) is 45.4 Å². The third kappa shape index (κ3) is 7.88.